The van der Waals surface area contributed by atoms with Gasteiger partial charge in [-0.25, -0.2) is 9.78 Å². The van der Waals surface area contributed by atoms with Crippen molar-refractivity contribution in [2.75, 3.05) is 0 Å². The summed E-state index contributed by atoms with van der Waals surface area (Å²) in [4.78, 5) is 22.6. The topological polar surface area (TPSA) is 65.1 Å². The van der Waals surface area contributed by atoms with Crippen molar-refractivity contribution in [3.63, 3.8) is 0 Å². The smallest absolute Gasteiger partial charge is 0.279 e. The first-order valence-electron chi connectivity index (χ1n) is 8.51. The van der Waals surface area contributed by atoms with E-state index in [-0.39, 0.29) is 5.69 Å². The van der Waals surface area contributed by atoms with Crippen LogP contribution in [0.15, 0.2) is 47.4 Å². The number of fused-ring (bicyclic) bond motifs is 3. The third-order valence-electron chi connectivity index (χ3n) is 4.21. The summed E-state index contributed by atoms with van der Waals surface area (Å²) in [5.74, 6) is 1.04. The van der Waals surface area contributed by atoms with E-state index in [1.54, 1.807) is 34.4 Å². The lowest BCUT2D eigenvalue weighted by atomic mass is 10.0. The largest absolute Gasteiger partial charge is 0.352 e. The van der Waals surface area contributed by atoms with Crippen LogP contribution >= 0.6 is 11.3 Å². The molecule has 4 aromatic rings. The van der Waals surface area contributed by atoms with Gasteiger partial charge >= 0.3 is 5.69 Å². The highest BCUT2D eigenvalue weighted by Crippen LogP contribution is 2.30. The van der Waals surface area contributed by atoms with Gasteiger partial charge in [0.05, 0.1) is 5.39 Å². The van der Waals surface area contributed by atoms with Gasteiger partial charge in [-0.3, -0.25) is 9.55 Å². The molecule has 6 nitrogen and oxygen atoms in total. The fourth-order valence-electron chi connectivity index (χ4n) is 3.13. The summed E-state index contributed by atoms with van der Waals surface area (Å²) in [6.07, 6.45) is 6.05. The molecule has 0 spiro atoms. The molecule has 26 heavy (non-hydrogen) atoms. The standard InChI is InChI=1S/C19H19N5OS/c1-4-9-23-18-15(14(11-26-18)10-12(2)3)17-21-16(22-24(17)19(23)25)13-5-7-20-8-6-13/h4-8,11-12H,1,9-10H2,2-3H3. The monoisotopic (exact) mass is 365 g/mol. The Labute approximate surface area is 154 Å². The van der Waals surface area contributed by atoms with E-state index in [1.807, 2.05) is 12.1 Å². The lowest BCUT2D eigenvalue weighted by Crippen LogP contribution is -2.27. The van der Waals surface area contributed by atoms with Gasteiger partial charge in [0.25, 0.3) is 0 Å². The number of allylic oxidation sites excluding steroid dienone is 1. The second kappa shape index (κ2) is 6.49. The molecule has 4 rings (SSSR count). The fourth-order valence-corrected chi connectivity index (χ4v) is 4.22. The van der Waals surface area contributed by atoms with Gasteiger partial charge in [-0.1, -0.05) is 19.9 Å². The van der Waals surface area contributed by atoms with Gasteiger partial charge in [-0.15, -0.1) is 23.0 Å². The Morgan fingerprint density at radius 2 is 2.08 bits per heavy atom. The van der Waals surface area contributed by atoms with Crippen molar-refractivity contribution in [1.82, 2.24) is 24.1 Å². The maximum absolute atomic E-state index is 13.0. The number of thiophene rings is 1. The molecule has 0 saturated heterocycles. The highest BCUT2D eigenvalue weighted by atomic mass is 32.1. The minimum atomic E-state index is -0.196. The van der Waals surface area contributed by atoms with E-state index in [0.717, 1.165) is 22.2 Å². The van der Waals surface area contributed by atoms with Crippen LogP contribution in [0.4, 0.5) is 0 Å². The van der Waals surface area contributed by atoms with Gasteiger partial charge in [0, 0.05) is 24.5 Å². The Balaban J connectivity index is 2.08. The molecule has 0 N–H and O–H groups in total. The number of rotatable bonds is 5. The molecule has 0 aliphatic heterocycles. The zero-order valence-corrected chi connectivity index (χ0v) is 15.5. The first-order chi connectivity index (χ1) is 12.6. The molecule has 4 aromatic heterocycles. The van der Waals surface area contributed by atoms with Crippen LogP contribution in [0.25, 0.3) is 27.3 Å². The first-order valence-corrected chi connectivity index (χ1v) is 9.39. The average Bonchev–Trinajstić information content (AvgIpc) is 3.23. The molecular formula is C19H19N5OS. The normalized spacial score (nSPS) is 11.7. The van der Waals surface area contributed by atoms with Crippen molar-refractivity contribution in [3.05, 3.63) is 58.6 Å². The van der Waals surface area contributed by atoms with E-state index in [9.17, 15) is 4.79 Å². The van der Waals surface area contributed by atoms with Crippen molar-refractivity contribution in [2.24, 2.45) is 5.92 Å². The van der Waals surface area contributed by atoms with E-state index in [0.29, 0.717) is 23.9 Å². The van der Waals surface area contributed by atoms with Crippen LogP contribution < -0.4 is 5.69 Å². The molecule has 0 atom stereocenters. The Morgan fingerprint density at radius 1 is 1.31 bits per heavy atom. The van der Waals surface area contributed by atoms with Crippen molar-refractivity contribution in [3.8, 4) is 11.4 Å². The van der Waals surface area contributed by atoms with Gasteiger partial charge in [-0.05, 0) is 35.4 Å². The van der Waals surface area contributed by atoms with Crippen LogP contribution in [0.3, 0.4) is 0 Å². The molecule has 132 valence electrons. The maximum Gasteiger partial charge on any atom is 0.352 e. The fraction of sp³-hybridized carbons (Fsp3) is 0.263. The number of hydrogen-bond donors (Lipinski definition) is 0. The molecule has 0 saturated carbocycles. The van der Waals surface area contributed by atoms with E-state index < -0.39 is 0 Å². The van der Waals surface area contributed by atoms with Gasteiger partial charge in [-0.2, -0.15) is 4.52 Å². The summed E-state index contributed by atoms with van der Waals surface area (Å²) in [5.41, 5.74) is 2.47. The molecular weight excluding hydrogens is 346 g/mol. The third kappa shape index (κ3) is 2.64. The number of hydrogen-bond acceptors (Lipinski definition) is 5. The zero-order chi connectivity index (χ0) is 18.3. The highest BCUT2D eigenvalue weighted by molar-refractivity contribution is 7.17. The Bertz CT molecular complexity index is 1150. The third-order valence-corrected chi connectivity index (χ3v) is 5.26. The van der Waals surface area contributed by atoms with Crippen LogP contribution in [0.1, 0.15) is 19.4 Å². The second-order valence-electron chi connectivity index (χ2n) is 6.63. The van der Waals surface area contributed by atoms with Crippen molar-refractivity contribution >= 4 is 27.2 Å². The predicted molar refractivity (Wildman–Crippen MR) is 105 cm³/mol. The molecule has 0 unspecified atom stereocenters. The molecule has 0 aliphatic carbocycles. The number of aromatic nitrogens is 5. The van der Waals surface area contributed by atoms with Gasteiger partial charge in [0.15, 0.2) is 11.5 Å². The number of pyridine rings is 1. The minimum absolute atomic E-state index is 0.196. The van der Waals surface area contributed by atoms with Crippen LogP contribution in [0.2, 0.25) is 0 Å². The molecule has 0 radical (unpaired) electrons. The molecule has 4 heterocycles. The van der Waals surface area contributed by atoms with E-state index >= 15 is 0 Å². The number of nitrogens with zero attached hydrogens (tertiary/aromatic N) is 5. The molecule has 0 amide bonds. The van der Waals surface area contributed by atoms with Gasteiger partial charge < -0.3 is 0 Å². The average molecular weight is 365 g/mol. The van der Waals surface area contributed by atoms with Crippen molar-refractivity contribution < 1.29 is 0 Å². The molecule has 0 bridgehead atoms. The lowest BCUT2D eigenvalue weighted by molar-refractivity contribution is 0.650. The maximum atomic E-state index is 13.0. The van der Waals surface area contributed by atoms with Crippen LogP contribution in [-0.4, -0.2) is 24.1 Å². The summed E-state index contributed by atoms with van der Waals surface area (Å²) in [6, 6.07) is 3.69. The summed E-state index contributed by atoms with van der Waals surface area (Å²) in [6.45, 7) is 8.60. The zero-order valence-electron chi connectivity index (χ0n) is 14.7. The van der Waals surface area contributed by atoms with Crippen LogP contribution in [0, 0.1) is 5.92 Å². The SMILES string of the molecule is C=CCn1c(=O)n2nc(-c3ccncc3)nc2c2c(CC(C)C)csc21. The van der Waals surface area contributed by atoms with E-state index in [1.165, 1.54) is 10.1 Å². The van der Waals surface area contributed by atoms with E-state index in [2.05, 4.69) is 35.9 Å². The molecule has 0 aromatic carbocycles. The lowest BCUT2D eigenvalue weighted by Gasteiger charge is -2.07. The summed E-state index contributed by atoms with van der Waals surface area (Å²) in [7, 11) is 0. The van der Waals surface area contributed by atoms with E-state index in [4.69, 9.17) is 4.98 Å². The summed E-state index contributed by atoms with van der Waals surface area (Å²) < 4.78 is 3.13. The van der Waals surface area contributed by atoms with Crippen molar-refractivity contribution in [1.29, 1.82) is 0 Å². The summed E-state index contributed by atoms with van der Waals surface area (Å²) >= 11 is 1.58. The molecule has 7 heteroatoms. The molecule has 0 aliphatic rings. The second-order valence-corrected chi connectivity index (χ2v) is 7.49. The molecule has 0 fully saturated rings. The van der Waals surface area contributed by atoms with Gasteiger partial charge in [0.2, 0.25) is 0 Å². The Morgan fingerprint density at radius 3 is 2.77 bits per heavy atom. The quantitative estimate of drug-likeness (QED) is 0.507. The highest BCUT2D eigenvalue weighted by Gasteiger charge is 2.19. The minimum Gasteiger partial charge on any atom is -0.279 e. The Kier molecular flexibility index (Phi) is 4.16. The summed E-state index contributed by atoms with van der Waals surface area (Å²) in [5, 5.41) is 7.63. The first kappa shape index (κ1) is 16.7. The van der Waals surface area contributed by atoms with Crippen LogP contribution in [0.5, 0.6) is 0 Å². The Hall–Kier alpha value is -2.80. The van der Waals surface area contributed by atoms with Gasteiger partial charge in [0.1, 0.15) is 4.83 Å². The van der Waals surface area contributed by atoms with Crippen LogP contribution in [-0.2, 0) is 13.0 Å². The predicted octanol–water partition coefficient (Wildman–Crippen LogP) is 3.55. The van der Waals surface area contributed by atoms with Crippen molar-refractivity contribution in [2.45, 2.75) is 26.8 Å².